The Labute approximate surface area is 83.5 Å². The summed E-state index contributed by atoms with van der Waals surface area (Å²) in [7, 11) is 0. The molecular weight excluding hydrogens is 178 g/mol. The zero-order valence-electron chi connectivity index (χ0n) is 8.23. The molecule has 1 aliphatic heterocycles. The van der Waals surface area contributed by atoms with E-state index in [2.05, 4.69) is 0 Å². The van der Waals surface area contributed by atoms with E-state index in [1.165, 1.54) is 0 Å². The number of fused-ring (bicyclic) bond motifs is 1. The van der Waals surface area contributed by atoms with Crippen LogP contribution < -0.4 is 10.5 Å². The van der Waals surface area contributed by atoms with Crippen molar-refractivity contribution < 1.29 is 9.84 Å². The van der Waals surface area contributed by atoms with E-state index in [9.17, 15) is 5.11 Å². The van der Waals surface area contributed by atoms with Crippen LogP contribution in [0.3, 0.4) is 0 Å². The molecule has 1 aromatic carbocycles. The summed E-state index contributed by atoms with van der Waals surface area (Å²) in [5.41, 5.74) is 7.74. The fraction of sp³-hybridized carbons (Fsp3) is 0.455. The maximum Gasteiger partial charge on any atom is 0.125 e. The average molecular weight is 193 g/mol. The van der Waals surface area contributed by atoms with Crippen molar-refractivity contribution in [3.05, 3.63) is 29.3 Å². The van der Waals surface area contributed by atoms with Crippen LogP contribution in [0.1, 0.15) is 23.7 Å². The van der Waals surface area contributed by atoms with E-state index in [1.807, 2.05) is 25.1 Å². The van der Waals surface area contributed by atoms with Crippen molar-refractivity contribution >= 4 is 0 Å². The lowest BCUT2D eigenvalue weighted by Gasteiger charge is -2.16. The molecule has 3 nitrogen and oxygen atoms in total. The van der Waals surface area contributed by atoms with Crippen molar-refractivity contribution in [3.63, 3.8) is 0 Å². The van der Waals surface area contributed by atoms with Gasteiger partial charge in [-0.05, 0) is 25.5 Å². The molecule has 1 aliphatic rings. The van der Waals surface area contributed by atoms with Crippen molar-refractivity contribution in [1.29, 1.82) is 0 Å². The van der Waals surface area contributed by atoms with Crippen LogP contribution in [0.15, 0.2) is 18.2 Å². The van der Waals surface area contributed by atoms with Crippen LogP contribution in [-0.4, -0.2) is 17.8 Å². The maximum absolute atomic E-state index is 9.93. The fourth-order valence-corrected chi connectivity index (χ4v) is 1.72. The lowest BCUT2D eigenvalue weighted by molar-refractivity contribution is 0.144. The third kappa shape index (κ3) is 1.61. The first-order valence-corrected chi connectivity index (χ1v) is 4.85. The monoisotopic (exact) mass is 193 g/mol. The largest absolute Gasteiger partial charge is 0.493 e. The highest BCUT2D eigenvalue weighted by atomic mass is 16.5. The highest BCUT2D eigenvalue weighted by molar-refractivity contribution is 5.39. The molecule has 2 rings (SSSR count). The third-order valence-electron chi connectivity index (χ3n) is 2.60. The van der Waals surface area contributed by atoms with Crippen LogP contribution in [0.4, 0.5) is 0 Å². The minimum atomic E-state index is -0.604. The minimum Gasteiger partial charge on any atom is -0.493 e. The number of rotatable bonds is 0. The minimum absolute atomic E-state index is 0.224. The molecule has 0 unspecified atom stereocenters. The Bertz CT molecular complexity index is 338. The second kappa shape index (κ2) is 3.59. The number of aliphatic hydroxyl groups excluding tert-OH is 1. The van der Waals surface area contributed by atoms with Crippen LogP contribution in [0.25, 0.3) is 0 Å². The van der Waals surface area contributed by atoms with E-state index in [0.717, 1.165) is 16.9 Å². The summed E-state index contributed by atoms with van der Waals surface area (Å²) >= 11 is 0. The fourth-order valence-electron chi connectivity index (χ4n) is 1.72. The van der Waals surface area contributed by atoms with E-state index < -0.39 is 6.10 Å². The van der Waals surface area contributed by atoms with Gasteiger partial charge in [-0.25, -0.2) is 0 Å². The predicted molar refractivity (Wildman–Crippen MR) is 54.2 cm³/mol. The molecule has 0 spiro atoms. The molecule has 0 bridgehead atoms. The Morgan fingerprint density at radius 2 is 2.29 bits per heavy atom. The lowest BCUT2D eigenvalue weighted by atomic mass is 9.99. The van der Waals surface area contributed by atoms with Crippen molar-refractivity contribution in [2.45, 2.75) is 25.5 Å². The van der Waals surface area contributed by atoms with Crippen LogP contribution in [-0.2, 0) is 0 Å². The number of ether oxygens (including phenoxy) is 1. The van der Waals surface area contributed by atoms with E-state index >= 15 is 0 Å². The standard InChI is InChI=1S/C11H15NO2/c1-7-2-3-10-8(6-7)11(13)9(12)4-5-14-10/h2-3,6,9,11,13H,4-5,12H2,1H3/t9-,11-/m1/s1. The molecule has 0 amide bonds. The van der Waals surface area contributed by atoms with Gasteiger partial charge in [0.25, 0.3) is 0 Å². The number of nitrogens with two attached hydrogens (primary N) is 1. The molecule has 0 aromatic heterocycles. The summed E-state index contributed by atoms with van der Waals surface area (Å²) in [6.45, 7) is 2.57. The zero-order chi connectivity index (χ0) is 10.1. The van der Waals surface area contributed by atoms with Gasteiger partial charge in [-0.3, -0.25) is 0 Å². The van der Waals surface area contributed by atoms with E-state index in [4.69, 9.17) is 10.5 Å². The predicted octanol–water partition coefficient (Wildman–Crippen LogP) is 1.14. The summed E-state index contributed by atoms with van der Waals surface area (Å²) in [4.78, 5) is 0. The van der Waals surface area contributed by atoms with Gasteiger partial charge in [0.1, 0.15) is 5.75 Å². The summed E-state index contributed by atoms with van der Waals surface area (Å²) in [6, 6.07) is 5.58. The Morgan fingerprint density at radius 3 is 3.07 bits per heavy atom. The van der Waals surface area contributed by atoms with Gasteiger partial charge in [0.2, 0.25) is 0 Å². The van der Waals surface area contributed by atoms with Crippen LogP contribution >= 0.6 is 0 Å². The molecule has 3 heteroatoms. The molecule has 14 heavy (non-hydrogen) atoms. The van der Waals surface area contributed by atoms with Gasteiger partial charge in [0.15, 0.2) is 0 Å². The Balaban J connectivity index is 2.44. The molecule has 0 saturated carbocycles. The number of aliphatic hydroxyl groups is 1. The quantitative estimate of drug-likeness (QED) is 0.649. The molecule has 0 radical (unpaired) electrons. The summed E-state index contributed by atoms with van der Waals surface area (Å²) in [5.74, 6) is 0.760. The molecule has 0 saturated heterocycles. The van der Waals surface area contributed by atoms with Crippen molar-refractivity contribution in [1.82, 2.24) is 0 Å². The Hall–Kier alpha value is -1.06. The molecule has 0 aliphatic carbocycles. The van der Waals surface area contributed by atoms with E-state index in [0.29, 0.717) is 13.0 Å². The smallest absolute Gasteiger partial charge is 0.125 e. The van der Waals surface area contributed by atoms with Gasteiger partial charge in [-0.2, -0.15) is 0 Å². The van der Waals surface area contributed by atoms with Gasteiger partial charge in [0.05, 0.1) is 12.7 Å². The normalized spacial score (nSPS) is 26.2. The van der Waals surface area contributed by atoms with Gasteiger partial charge < -0.3 is 15.6 Å². The first-order valence-electron chi connectivity index (χ1n) is 4.85. The van der Waals surface area contributed by atoms with Crippen molar-refractivity contribution in [2.24, 2.45) is 5.73 Å². The summed E-state index contributed by atoms with van der Waals surface area (Å²) in [5, 5.41) is 9.93. The topological polar surface area (TPSA) is 55.5 Å². The van der Waals surface area contributed by atoms with Crippen LogP contribution in [0.2, 0.25) is 0 Å². The van der Waals surface area contributed by atoms with E-state index in [1.54, 1.807) is 0 Å². The van der Waals surface area contributed by atoms with Crippen LogP contribution in [0, 0.1) is 6.92 Å². The molecular formula is C11H15NO2. The first-order chi connectivity index (χ1) is 6.68. The number of benzene rings is 1. The van der Waals surface area contributed by atoms with Gasteiger partial charge in [-0.1, -0.05) is 11.6 Å². The summed E-state index contributed by atoms with van der Waals surface area (Å²) in [6.07, 6.45) is 0.0851. The van der Waals surface area contributed by atoms with Crippen LogP contribution in [0.5, 0.6) is 5.75 Å². The first kappa shape index (κ1) is 9.49. The van der Waals surface area contributed by atoms with Gasteiger partial charge in [-0.15, -0.1) is 0 Å². The molecule has 1 aromatic rings. The average Bonchev–Trinajstić information content (AvgIpc) is 2.30. The highest BCUT2D eigenvalue weighted by Crippen LogP contribution is 2.31. The maximum atomic E-state index is 9.93. The lowest BCUT2D eigenvalue weighted by Crippen LogP contribution is -2.28. The van der Waals surface area contributed by atoms with Crippen molar-refractivity contribution in [3.8, 4) is 5.75 Å². The zero-order valence-corrected chi connectivity index (χ0v) is 8.23. The SMILES string of the molecule is Cc1ccc2c(c1)[C@@H](O)[C@H](N)CCO2. The van der Waals surface area contributed by atoms with E-state index in [-0.39, 0.29) is 6.04 Å². The van der Waals surface area contributed by atoms with Gasteiger partial charge >= 0.3 is 0 Å². The molecule has 76 valence electrons. The molecule has 3 N–H and O–H groups in total. The number of hydrogen-bond donors (Lipinski definition) is 2. The second-order valence-corrected chi connectivity index (χ2v) is 3.79. The number of hydrogen-bond acceptors (Lipinski definition) is 3. The molecule has 1 heterocycles. The van der Waals surface area contributed by atoms with Gasteiger partial charge in [0, 0.05) is 11.6 Å². The Kier molecular flexibility index (Phi) is 2.44. The molecule has 0 fully saturated rings. The molecule has 2 atom stereocenters. The highest BCUT2D eigenvalue weighted by Gasteiger charge is 2.23. The van der Waals surface area contributed by atoms with Crippen molar-refractivity contribution in [2.75, 3.05) is 6.61 Å². The Morgan fingerprint density at radius 1 is 1.50 bits per heavy atom. The number of aryl methyl sites for hydroxylation is 1. The third-order valence-corrected chi connectivity index (χ3v) is 2.60. The summed E-state index contributed by atoms with van der Waals surface area (Å²) < 4.78 is 5.50. The second-order valence-electron chi connectivity index (χ2n) is 3.79.